The molecule has 1 spiro atoms. The molecule has 4 aliphatic rings. The highest BCUT2D eigenvalue weighted by Crippen LogP contribution is 2.44. The molecule has 3 aliphatic heterocycles. The van der Waals surface area contributed by atoms with Gasteiger partial charge < -0.3 is 15.0 Å². The smallest absolute Gasteiger partial charge is 0.222 e. The summed E-state index contributed by atoms with van der Waals surface area (Å²) >= 11 is 0. The van der Waals surface area contributed by atoms with Crippen LogP contribution in [0, 0.1) is 5.92 Å². The maximum Gasteiger partial charge on any atom is 0.222 e. The van der Waals surface area contributed by atoms with Crippen LogP contribution in [0.15, 0.2) is 0 Å². The molecule has 0 aromatic carbocycles. The fourth-order valence-corrected chi connectivity index (χ4v) is 5.12. The van der Waals surface area contributed by atoms with E-state index in [-0.39, 0.29) is 5.60 Å². The van der Waals surface area contributed by atoms with Gasteiger partial charge in [-0.2, -0.15) is 0 Å². The Hall–Kier alpha value is -0.610. The Labute approximate surface area is 127 Å². The molecule has 3 unspecified atom stereocenters. The molecular weight excluding hydrogens is 264 g/mol. The van der Waals surface area contributed by atoms with Gasteiger partial charge in [-0.3, -0.25) is 4.79 Å². The van der Waals surface area contributed by atoms with E-state index >= 15 is 0 Å². The number of likely N-dealkylation sites (tertiary alicyclic amines) is 1. The average molecular weight is 292 g/mol. The SMILES string of the molecule is O=C1CCC2CNCCC2N1CC1CCC2(CCCC2)O1. The second kappa shape index (κ2) is 5.54. The minimum absolute atomic E-state index is 0.191. The molecule has 21 heavy (non-hydrogen) atoms. The number of piperidine rings is 2. The molecule has 0 aromatic rings. The first-order valence-electron chi connectivity index (χ1n) is 8.94. The number of hydrogen-bond donors (Lipinski definition) is 1. The van der Waals surface area contributed by atoms with E-state index in [1.807, 2.05) is 0 Å². The molecule has 1 N–H and O–H groups in total. The number of fused-ring (bicyclic) bond motifs is 1. The van der Waals surface area contributed by atoms with Crippen molar-refractivity contribution >= 4 is 5.91 Å². The third kappa shape index (κ3) is 2.61. The molecule has 4 rings (SSSR count). The summed E-state index contributed by atoms with van der Waals surface area (Å²) in [6.07, 6.45) is 10.7. The Morgan fingerprint density at radius 1 is 1.19 bits per heavy atom. The largest absolute Gasteiger partial charge is 0.370 e. The Balaban J connectivity index is 1.41. The van der Waals surface area contributed by atoms with Crippen molar-refractivity contribution in [3.05, 3.63) is 0 Å². The summed E-state index contributed by atoms with van der Waals surface area (Å²) in [5.74, 6) is 1.03. The third-order valence-electron chi connectivity index (χ3n) is 6.27. The maximum absolute atomic E-state index is 12.4. The number of rotatable bonds is 2. The molecule has 0 aromatic heterocycles. The second-order valence-electron chi connectivity index (χ2n) is 7.57. The quantitative estimate of drug-likeness (QED) is 0.847. The van der Waals surface area contributed by atoms with Gasteiger partial charge in [-0.1, -0.05) is 12.8 Å². The third-order valence-corrected chi connectivity index (χ3v) is 6.27. The molecule has 0 bridgehead atoms. The second-order valence-corrected chi connectivity index (χ2v) is 7.57. The van der Waals surface area contributed by atoms with E-state index in [2.05, 4.69) is 10.2 Å². The van der Waals surface area contributed by atoms with E-state index in [1.165, 1.54) is 32.1 Å². The highest BCUT2D eigenvalue weighted by atomic mass is 16.5. The van der Waals surface area contributed by atoms with Crippen LogP contribution < -0.4 is 5.32 Å². The summed E-state index contributed by atoms with van der Waals surface area (Å²) in [7, 11) is 0. The zero-order chi connectivity index (χ0) is 14.3. The Morgan fingerprint density at radius 2 is 2.05 bits per heavy atom. The monoisotopic (exact) mass is 292 g/mol. The Morgan fingerprint density at radius 3 is 2.90 bits per heavy atom. The van der Waals surface area contributed by atoms with Gasteiger partial charge in [0.1, 0.15) is 0 Å². The lowest BCUT2D eigenvalue weighted by Gasteiger charge is -2.45. The Kier molecular flexibility index (Phi) is 3.70. The first-order chi connectivity index (χ1) is 10.3. The van der Waals surface area contributed by atoms with Crippen LogP contribution in [0.1, 0.15) is 57.8 Å². The van der Waals surface area contributed by atoms with E-state index in [4.69, 9.17) is 4.74 Å². The first kappa shape index (κ1) is 14.0. The lowest BCUT2D eigenvalue weighted by atomic mass is 9.84. The van der Waals surface area contributed by atoms with Crippen LogP contribution in [0.4, 0.5) is 0 Å². The highest BCUT2D eigenvalue weighted by molar-refractivity contribution is 5.77. The van der Waals surface area contributed by atoms with Crippen molar-refractivity contribution in [1.29, 1.82) is 0 Å². The van der Waals surface area contributed by atoms with E-state index in [0.29, 0.717) is 24.0 Å². The molecule has 4 fully saturated rings. The molecule has 3 atom stereocenters. The molecule has 1 saturated carbocycles. The summed E-state index contributed by atoms with van der Waals surface area (Å²) in [6, 6.07) is 0.469. The van der Waals surface area contributed by atoms with Crippen LogP contribution in [-0.2, 0) is 9.53 Å². The molecule has 3 saturated heterocycles. The predicted octanol–water partition coefficient (Wildman–Crippen LogP) is 2.08. The molecule has 118 valence electrons. The van der Waals surface area contributed by atoms with E-state index < -0.39 is 0 Å². The number of ether oxygens (including phenoxy) is 1. The highest BCUT2D eigenvalue weighted by Gasteiger charge is 2.44. The predicted molar refractivity (Wildman–Crippen MR) is 81.0 cm³/mol. The number of nitrogens with one attached hydrogen (secondary N) is 1. The normalized spacial score (nSPS) is 39.0. The van der Waals surface area contributed by atoms with Crippen LogP contribution >= 0.6 is 0 Å². The molecule has 0 radical (unpaired) electrons. The lowest BCUT2D eigenvalue weighted by molar-refractivity contribution is -0.143. The molecule has 1 aliphatic carbocycles. The summed E-state index contributed by atoms with van der Waals surface area (Å²) < 4.78 is 6.43. The number of carbonyl (C=O) groups excluding carboxylic acids is 1. The van der Waals surface area contributed by atoms with Crippen molar-refractivity contribution in [3.63, 3.8) is 0 Å². The molecular formula is C17H28N2O2. The summed E-state index contributed by atoms with van der Waals surface area (Å²) in [4.78, 5) is 14.6. The fraction of sp³-hybridized carbons (Fsp3) is 0.941. The topological polar surface area (TPSA) is 41.6 Å². The maximum atomic E-state index is 12.4. The first-order valence-corrected chi connectivity index (χ1v) is 8.94. The van der Waals surface area contributed by atoms with Gasteiger partial charge in [-0.15, -0.1) is 0 Å². The number of nitrogens with zero attached hydrogens (tertiary/aromatic N) is 1. The van der Waals surface area contributed by atoms with Crippen molar-refractivity contribution in [2.75, 3.05) is 19.6 Å². The zero-order valence-electron chi connectivity index (χ0n) is 13.0. The van der Waals surface area contributed by atoms with Gasteiger partial charge in [0, 0.05) is 19.0 Å². The van der Waals surface area contributed by atoms with Crippen molar-refractivity contribution in [2.45, 2.75) is 75.5 Å². The van der Waals surface area contributed by atoms with Crippen LogP contribution in [0.5, 0.6) is 0 Å². The van der Waals surface area contributed by atoms with E-state index in [0.717, 1.165) is 45.3 Å². The van der Waals surface area contributed by atoms with Crippen LogP contribution in [0.25, 0.3) is 0 Å². The summed E-state index contributed by atoms with van der Waals surface area (Å²) in [5.41, 5.74) is 0.191. The van der Waals surface area contributed by atoms with Crippen molar-refractivity contribution in [1.82, 2.24) is 10.2 Å². The van der Waals surface area contributed by atoms with Gasteiger partial charge >= 0.3 is 0 Å². The minimum atomic E-state index is 0.191. The van der Waals surface area contributed by atoms with Gasteiger partial charge in [-0.05, 0) is 57.5 Å². The van der Waals surface area contributed by atoms with Crippen LogP contribution in [-0.4, -0.2) is 48.2 Å². The van der Waals surface area contributed by atoms with Gasteiger partial charge in [0.15, 0.2) is 0 Å². The fourth-order valence-electron chi connectivity index (χ4n) is 5.12. The minimum Gasteiger partial charge on any atom is -0.370 e. The molecule has 4 heteroatoms. The zero-order valence-corrected chi connectivity index (χ0v) is 13.0. The number of carbonyl (C=O) groups is 1. The summed E-state index contributed by atoms with van der Waals surface area (Å²) in [6.45, 7) is 2.99. The molecule has 1 amide bonds. The van der Waals surface area contributed by atoms with Crippen molar-refractivity contribution < 1.29 is 9.53 Å². The van der Waals surface area contributed by atoms with Gasteiger partial charge in [0.25, 0.3) is 0 Å². The standard InChI is InChI=1S/C17H28N2O2/c20-16-4-3-13-11-18-10-6-15(13)19(16)12-14-5-9-17(21-14)7-1-2-8-17/h13-15,18H,1-12H2. The Bertz CT molecular complexity index is 406. The lowest BCUT2D eigenvalue weighted by Crippen LogP contribution is -2.56. The van der Waals surface area contributed by atoms with Gasteiger partial charge in [0.2, 0.25) is 5.91 Å². The van der Waals surface area contributed by atoms with E-state index in [1.54, 1.807) is 0 Å². The summed E-state index contributed by atoms with van der Waals surface area (Å²) in [5, 5.41) is 3.48. The molecule has 3 heterocycles. The van der Waals surface area contributed by atoms with Crippen LogP contribution in [0.3, 0.4) is 0 Å². The number of amides is 1. The van der Waals surface area contributed by atoms with Crippen molar-refractivity contribution in [3.8, 4) is 0 Å². The number of hydrogen-bond acceptors (Lipinski definition) is 3. The van der Waals surface area contributed by atoms with Crippen LogP contribution in [0.2, 0.25) is 0 Å². The molecule has 4 nitrogen and oxygen atoms in total. The average Bonchev–Trinajstić information content (AvgIpc) is 3.13. The van der Waals surface area contributed by atoms with Crippen molar-refractivity contribution in [2.24, 2.45) is 5.92 Å². The van der Waals surface area contributed by atoms with E-state index in [9.17, 15) is 4.79 Å². The van der Waals surface area contributed by atoms with Gasteiger partial charge in [-0.25, -0.2) is 0 Å². The van der Waals surface area contributed by atoms with Gasteiger partial charge in [0.05, 0.1) is 11.7 Å².